The minimum absolute atomic E-state index is 0.326. The molecular formula is C11H20N2O. The van der Waals surface area contributed by atoms with E-state index in [-0.39, 0.29) is 0 Å². The molecular weight excluding hydrogens is 176 g/mol. The van der Waals surface area contributed by atoms with Gasteiger partial charge in [0.2, 0.25) is 5.91 Å². The summed E-state index contributed by atoms with van der Waals surface area (Å²) < 4.78 is 0. The van der Waals surface area contributed by atoms with Crippen LogP contribution in [-0.2, 0) is 4.79 Å². The number of likely N-dealkylation sites (tertiary alicyclic amines) is 2. The van der Waals surface area contributed by atoms with E-state index < -0.39 is 0 Å². The van der Waals surface area contributed by atoms with Crippen molar-refractivity contribution in [2.45, 2.75) is 38.6 Å². The van der Waals surface area contributed by atoms with Crippen molar-refractivity contribution in [3.8, 4) is 0 Å². The summed E-state index contributed by atoms with van der Waals surface area (Å²) in [6.07, 6.45) is 4.54. The molecule has 0 aromatic carbocycles. The van der Waals surface area contributed by atoms with Crippen molar-refractivity contribution >= 4 is 5.91 Å². The molecule has 14 heavy (non-hydrogen) atoms. The molecule has 0 aliphatic carbocycles. The smallest absolute Gasteiger partial charge is 0.222 e. The number of rotatable bonds is 2. The van der Waals surface area contributed by atoms with Crippen molar-refractivity contribution in [2.75, 3.05) is 26.2 Å². The highest BCUT2D eigenvalue weighted by Gasteiger charge is 2.30. The van der Waals surface area contributed by atoms with Crippen LogP contribution in [0.3, 0.4) is 0 Å². The van der Waals surface area contributed by atoms with Gasteiger partial charge in [0.15, 0.2) is 0 Å². The quantitative estimate of drug-likeness (QED) is 0.660. The van der Waals surface area contributed by atoms with Gasteiger partial charge >= 0.3 is 0 Å². The van der Waals surface area contributed by atoms with Crippen LogP contribution >= 0.6 is 0 Å². The summed E-state index contributed by atoms with van der Waals surface area (Å²) >= 11 is 0. The van der Waals surface area contributed by atoms with E-state index in [1.807, 2.05) is 11.8 Å². The predicted molar refractivity (Wildman–Crippen MR) is 56.1 cm³/mol. The summed E-state index contributed by atoms with van der Waals surface area (Å²) in [5.74, 6) is 0.326. The average molecular weight is 196 g/mol. The maximum absolute atomic E-state index is 11.5. The van der Waals surface area contributed by atoms with Gasteiger partial charge in [0.25, 0.3) is 0 Å². The van der Waals surface area contributed by atoms with Crippen molar-refractivity contribution in [2.24, 2.45) is 0 Å². The molecule has 2 aliphatic heterocycles. The lowest BCUT2D eigenvalue weighted by Crippen LogP contribution is -2.36. The molecule has 3 heteroatoms. The fourth-order valence-corrected chi connectivity index (χ4v) is 2.60. The van der Waals surface area contributed by atoms with Crippen LogP contribution in [0.4, 0.5) is 0 Å². The van der Waals surface area contributed by atoms with E-state index in [1.165, 1.54) is 32.4 Å². The van der Waals surface area contributed by atoms with E-state index in [9.17, 15) is 4.79 Å². The average Bonchev–Trinajstić information content (AvgIpc) is 2.86. The Morgan fingerprint density at radius 3 is 2.64 bits per heavy atom. The third-order valence-electron chi connectivity index (χ3n) is 3.48. The minimum Gasteiger partial charge on any atom is -0.341 e. The van der Waals surface area contributed by atoms with Gasteiger partial charge in [-0.2, -0.15) is 0 Å². The second-order valence-corrected chi connectivity index (χ2v) is 4.38. The number of carbonyl (C=O) groups excluding carboxylic acids is 1. The SMILES string of the molecule is CCC(=O)N1CCC(N2CCCC2)C1. The summed E-state index contributed by atoms with van der Waals surface area (Å²) in [6.45, 7) is 6.41. The Kier molecular flexibility index (Phi) is 3.06. The zero-order valence-corrected chi connectivity index (χ0v) is 9.04. The van der Waals surface area contributed by atoms with E-state index in [1.54, 1.807) is 0 Å². The molecule has 2 rings (SSSR count). The first-order valence-corrected chi connectivity index (χ1v) is 5.83. The van der Waals surface area contributed by atoms with Crippen LogP contribution in [0.15, 0.2) is 0 Å². The standard InChI is InChI=1S/C11H20N2O/c1-2-11(14)13-8-5-10(9-13)12-6-3-4-7-12/h10H,2-9H2,1H3. The molecule has 0 aromatic rings. The fraction of sp³-hybridized carbons (Fsp3) is 0.909. The molecule has 3 nitrogen and oxygen atoms in total. The first-order chi connectivity index (χ1) is 6.81. The molecule has 0 spiro atoms. The van der Waals surface area contributed by atoms with Crippen LogP contribution in [-0.4, -0.2) is 47.9 Å². The largest absolute Gasteiger partial charge is 0.341 e. The van der Waals surface area contributed by atoms with Crippen molar-refractivity contribution in [3.05, 3.63) is 0 Å². The summed E-state index contributed by atoms with van der Waals surface area (Å²) in [5.41, 5.74) is 0. The Morgan fingerprint density at radius 2 is 2.00 bits per heavy atom. The Morgan fingerprint density at radius 1 is 1.29 bits per heavy atom. The molecule has 0 bridgehead atoms. The van der Waals surface area contributed by atoms with Gasteiger partial charge in [0.05, 0.1) is 0 Å². The van der Waals surface area contributed by atoms with E-state index in [0.29, 0.717) is 18.4 Å². The number of carbonyl (C=O) groups is 1. The van der Waals surface area contributed by atoms with Crippen LogP contribution in [0.5, 0.6) is 0 Å². The van der Waals surface area contributed by atoms with Crippen molar-refractivity contribution < 1.29 is 4.79 Å². The molecule has 2 saturated heterocycles. The van der Waals surface area contributed by atoms with E-state index in [0.717, 1.165) is 13.1 Å². The fourth-order valence-electron chi connectivity index (χ4n) is 2.60. The van der Waals surface area contributed by atoms with Gasteiger partial charge in [-0.25, -0.2) is 0 Å². The van der Waals surface area contributed by atoms with Crippen LogP contribution < -0.4 is 0 Å². The Balaban J connectivity index is 1.84. The highest BCUT2D eigenvalue weighted by Crippen LogP contribution is 2.20. The summed E-state index contributed by atoms with van der Waals surface area (Å²) in [6, 6.07) is 0.660. The first kappa shape index (κ1) is 9.97. The van der Waals surface area contributed by atoms with Gasteiger partial charge < -0.3 is 4.90 Å². The maximum Gasteiger partial charge on any atom is 0.222 e. The maximum atomic E-state index is 11.5. The van der Waals surface area contributed by atoms with Crippen molar-refractivity contribution in [3.63, 3.8) is 0 Å². The zero-order valence-electron chi connectivity index (χ0n) is 9.04. The lowest BCUT2D eigenvalue weighted by molar-refractivity contribution is -0.129. The molecule has 2 aliphatic rings. The predicted octanol–water partition coefficient (Wildman–Crippen LogP) is 1.09. The number of hydrogen-bond donors (Lipinski definition) is 0. The van der Waals surface area contributed by atoms with Crippen LogP contribution in [0.2, 0.25) is 0 Å². The molecule has 80 valence electrons. The lowest BCUT2D eigenvalue weighted by Gasteiger charge is -2.23. The van der Waals surface area contributed by atoms with Gasteiger partial charge in [0, 0.05) is 25.6 Å². The third kappa shape index (κ3) is 1.92. The summed E-state index contributed by atoms with van der Waals surface area (Å²) in [4.78, 5) is 16.1. The van der Waals surface area contributed by atoms with E-state index >= 15 is 0 Å². The number of nitrogens with zero attached hydrogens (tertiary/aromatic N) is 2. The van der Waals surface area contributed by atoms with Crippen LogP contribution in [0, 0.1) is 0 Å². The molecule has 1 amide bonds. The summed E-state index contributed by atoms with van der Waals surface area (Å²) in [5, 5.41) is 0. The lowest BCUT2D eigenvalue weighted by atomic mass is 10.2. The van der Waals surface area contributed by atoms with Gasteiger partial charge in [-0.15, -0.1) is 0 Å². The summed E-state index contributed by atoms with van der Waals surface area (Å²) in [7, 11) is 0. The van der Waals surface area contributed by atoms with Gasteiger partial charge in [0.1, 0.15) is 0 Å². The first-order valence-electron chi connectivity index (χ1n) is 5.83. The van der Waals surface area contributed by atoms with Gasteiger partial charge in [-0.3, -0.25) is 9.69 Å². The van der Waals surface area contributed by atoms with Crippen LogP contribution in [0.25, 0.3) is 0 Å². The second-order valence-electron chi connectivity index (χ2n) is 4.38. The Labute approximate surface area is 86.1 Å². The molecule has 0 radical (unpaired) electrons. The molecule has 2 heterocycles. The second kappa shape index (κ2) is 4.30. The highest BCUT2D eigenvalue weighted by atomic mass is 16.2. The number of amides is 1. The molecule has 1 atom stereocenters. The Bertz CT molecular complexity index is 211. The molecule has 0 aromatic heterocycles. The van der Waals surface area contributed by atoms with Gasteiger partial charge in [-0.05, 0) is 32.4 Å². The van der Waals surface area contributed by atoms with E-state index in [2.05, 4.69) is 4.90 Å². The Hall–Kier alpha value is -0.570. The minimum atomic E-state index is 0.326. The number of hydrogen-bond acceptors (Lipinski definition) is 2. The monoisotopic (exact) mass is 196 g/mol. The van der Waals surface area contributed by atoms with Crippen molar-refractivity contribution in [1.82, 2.24) is 9.80 Å². The highest BCUT2D eigenvalue weighted by molar-refractivity contribution is 5.76. The van der Waals surface area contributed by atoms with Crippen molar-refractivity contribution in [1.29, 1.82) is 0 Å². The molecule has 0 saturated carbocycles. The molecule has 0 N–H and O–H groups in total. The third-order valence-corrected chi connectivity index (χ3v) is 3.48. The van der Waals surface area contributed by atoms with Gasteiger partial charge in [-0.1, -0.05) is 6.92 Å². The normalized spacial score (nSPS) is 28.6. The topological polar surface area (TPSA) is 23.6 Å². The molecule has 2 fully saturated rings. The zero-order chi connectivity index (χ0) is 9.97. The molecule has 1 unspecified atom stereocenters. The van der Waals surface area contributed by atoms with E-state index in [4.69, 9.17) is 0 Å². The van der Waals surface area contributed by atoms with Crippen LogP contribution in [0.1, 0.15) is 32.6 Å².